The lowest BCUT2D eigenvalue weighted by Crippen LogP contribution is -2.25. The number of nitrogens with two attached hydrogens (primary N) is 1. The van der Waals surface area contributed by atoms with Gasteiger partial charge in [-0.1, -0.05) is 18.1 Å². The van der Waals surface area contributed by atoms with Gasteiger partial charge in [-0.2, -0.15) is 4.98 Å². The SMILES string of the molecule is CN(CC(=O)O)Cc1cccc(Nc2ncnc(-c3ccnc(C#CCN)c3)n2)c1. The fraction of sp³-hybridized carbons (Fsp3) is 0.190. The molecule has 3 rings (SSSR count). The predicted octanol–water partition coefficient (Wildman–Crippen LogP) is 1.50. The van der Waals surface area contributed by atoms with Gasteiger partial charge < -0.3 is 16.2 Å². The number of pyridine rings is 1. The molecule has 4 N–H and O–H groups in total. The zero-order chi connectivity index (χ0) is 21.3. The lowest BCUT2D eigenvalue weighted by Gasteiger charge is -2.14. The number of carboxylic acid groups (broad SMARTS) is 1. The molecule has 0 saturated heterocycles. The average molecular weight is 403 g/mol. The number of aliphatic carboxylic acids is 1. The smallest absolute Gasteiger partial charge is 0.317 e. The van der Waals surface area contributed by atoms with E-state index in [1.165, 1.54) is 6.33 Å². The summed E-state index contributed by atoms with van der Waals surface area (Å²) in [6.07, 6.45) is 3.07. The number of rotatable bonds is 7. The second-order valence-corrected chi connectivity index (χ2v) is 6.46. The standard InChI is InChI=1S/C21H21N7O2/c1-28(13-19(29)30)12-15-4-2-5-18(10-15)26-21-25-14-24-20(27-21)16-7-9-23-17(11-16)6-3-8-22/h2,4-5,7,9-11,14H,8,12-13,22H2,1H3,(H,29,30)(H,24,25,26,27). The summed E-state index contributed by atoms with van der Waals surface area (Å²) in [5.41, 5.74) is 8.52. The Labute approximate surface area is 174 Å². The predicted molar refractivity (Wildman–Crippen MR) is 113 cm³/mol. The van der Waals surface area contributed by atoms with Crippen LogP contribution in [0.25, 0.3) is 11.4 Å². The minimum absolute atomic E-state index is 0.0297. The van der Waals surface area contributed by atoms with Crippen LogP contribution in [-0.4, -0.2) is 56.0 Å². The van der Waals surface area contributed by atoms with E-state index in [-0.39, 0.29) is 13.1 Å². The van der Waals surface area contributed by atoms with Gasteiger partial charge >= 0.3 is 5.97 Å². The van der Waals surface area contributed by atoms with E-state index in [0.717, 1.165) is 16.8 Å². The van der Waals surface area contributed by atoms with Gasteiger partial charge in [-0.05, 0) is 42.8 Å². The summed E-state index contributed by atoms with van der Waals surface area (Å²) in [5, 5.41) is 12.1. The first kappa shape index (κ1) is 20.9. The molecule has 0 aliphatic heterocycles. The first-order valence-corrected chi connectivity index (χ1v) is 9.14. The average Bonchev–Trinajstić information content (AvgIpc) is 2.72. The van der Waals surface area contributed by atoms with E-state index in [0.29, 0.717) is 24.0 Å². The number of aromatic nitrogens is 4. The van der Waals surface area contributed by atoms with Crippen LogP contribution >= 0.6 is 0 Å². The second-order valence-electron chi connectivity index (χ2n) is 6.46. The molecule has 3 aromatic rings. The third-order valence-corrected chi connectivity index (χ3v) is 3.95. The summed E-state index contributed by atoms with van der Waals surface area (Å²) in [4.78, 5) is 29.6. The van der Waals surface area contributed by atoms with Crippen LogP contribution in [0.4, 0.5) is 11.6 Å². The van der Waals surface area contributed by atoms with E-state index in [2.05, 4.69) is 37.1 Å². The van der Waals surface area contributed by atoms with E-state index in [4.69, 9.17) is 10.8 Å². The highest BCUT2D eigenvalue weighted by atomic mass is 16.4. The van der Waals surface area contributed by atoms with E-state index >= 15 is 0 Å². The van der Waals surface area contributed by atoms with Gasteiger partial charge in [0.15, 0.2) is 5.82 Å². The number of anilines is 2. The summed E-state index contributed by atoms with van der Waals surface area (Å²) in [7, 11) is 1.76. The van der Waals surface area contributed by atoms with Crippen LogP contribution in [-0.2, 0) is 11.3 Å². The highest BCUT2D eigenvalue weighted by Crippen LogP contribution is 2.19. The molecule has 0 amide bonds. The monoisotopic (exact) mass is 403 g/mol. The molecule has 0 fully saturated rings. The second kappa shape index (κ2) is 10.1. The van der Waals surface area contributed by atoms with Crippen molar-refractivity contribution in [3.05, 3.63) is 60.2 Å². The Bertz CT molecular complexity index is 1090. The van der Waals surface area contributed by atoms with Crippen molar-refractivity contribution in [2.75, 3.05) is 25.5 Å². The molecule has 0 aliphatic rings. The van der Waals surface area contributed by atoms with Crippen molar-refractivity contribution < 1.29 is 9.90 Å². The molecule has 9 heteroatoms. The maximum absolute atomic E-state index is 10.8. The molecule has 0 saturated carbocycles. The van der Waals surface area contributed by atoms with E-state index in [1.54, 1.807) is 30.3 Å². The summed E-state index contributed by atoms with van der Waals surface area (Å²) in [6.45, 7) is 0.739. The van der Waals surface area contributed by atoms with Gasteiger partial charge in [0, 0.05) is 24.0 Å². The third kappa shape index (κ3) is 6.07. The van der Waals surface area contributed by atoms with Crippen LogP contribution < -0.4 is 11.1 Å². The summed E-state index contributed by atoms with van der Waals surface area (Å²) < 4.78 is 0. The molecule has 2 heterocycles. The first-order valence-electron chi connectivity index (χ1n) is 9.14. The van der Waals surface area contributed by atoms with Crippen LogP contribution in [0.5, 0.6) is 0 Å². The topological polar surface area (TPSA) is 130 Å². The maximum atomic E-state index is 10.8. The molecule has 0 unspecified atom stereocenters. The largest absolute Gasteiger partial charge is 0.480 e. The lowest BCUT2D eigenvalue weighted by atomic mass is 10.2. The molecule has 30 heavy (non-hydrogen) atoms. The van der Waals surface area contributed by atoms with Crippen molar-refractivity contribution in [1.82, 2.24) is 24.8 Å². The Kier molecular flexibility index (Phi) is 7.00. The molecule has 2 aromatic heterocycles. The molecule has 9 nitrogen and oxygen atoms in total. The summed E-state index contributed by atoms with van der Waals surface area (Å²) >= 11 is 0. The Morgan fingerprint density at radius 2 is 2.10 bits per heavy atom. The Balaban J connectivity index is 1.76. The minimum atomic E-state index is -0.863. The van der Waals surface area contributed by atoms with Gasteiger partial charge in [0.2, 0.25) is 5.95 Å². The normalized spacial score (nSPS) is 10.4. The molecule has 152 valence electrons. The number of likely N-dealkylation sites (N-methyl/N-ethyl adjacent to an activating group) is 1. The Morgan fingerprint density at radius 3 is 2.90 bits per heavy atom. The number of hydrogen-bond acceptors (Lipinski definition) is 8. The van der Waals surface area contributed by atoms with Crippen LogP contribution in [0.15, 0.2) is 48.9 Å². The van der Waals surface area contributed by atoms with Crippen molar-refractivity contribution in [2.45, 2.75) is 6.54 Å². The van der Waals surface area contributed by atoms with Gasteiger partial charge in [-0.3, -0.25) is 9.69 Å². The maximum Gasteiger partial charge on any atom is 0.317 e. The van der Waals surface area contributed by atoms with Crippen molar-refractivity contribution in [2.24, 2.45) is 5.73 Å². The molecule has 1 aromatic carbocycles. The van der Waals surface area contributed by atoms with Crippen molar-refractivity contribution in [1.29, 1.82) is 0 Å². The van der Waals surface area contributed by atoms with E-state index < -0.39 is 5.97 Å². The lowest BCUT2D eigenvalue weighted by molar-refractivity contribution is -0.138. The molecular weight excluding hydrogens is 382 g/mol. The van der Waals surface area contributed by atoms with Gasteiger partial charge in [0.25, 0.3) is 0 Å². The molecule has 0 bridgehead atoms. The minimum Gasteiger partial charge on any atom is -0.480 e. The summed E-state index contributed by atoms with van der Waals surface area (Å²) in [5.74, 6) is 5.68. The summed E-state index contributed by atoms with van der Waals surface area (Å²) in [6, 6.07) is 11.2. The molecule has 0 atom stereocenters. The highest BCUT2D eigenvalue weighted by molar-refractivity contribution is 5.69. The highest BCUT2D eigenvalue weighted by Gasteiger charge is 2.08. The third-order valence-electron chi connectivity index (χ3n) is 3.95. The quantitative estimate of drug-likeness (QED) is 0.502. The van der Waals surface area contributed by atoms with Gasteiger partial charge in [-0.25, -0.2) is 15.0 Å². The molecular formula is C21H21N7O2. The van der Waals surface area contributed by atoms with Crippen LogP contribution in [0.2, 0.25) is 0 Å². The number of benzene rings is 1. The number of nitrogens with zero attached hydrogens (tertiary/aromatic N) is 5. The number of carbonyl (C=O) groups is 1. The van der Waals surface area contributed by atoms with Crippen molar-refractivity contribution in [3.63, 3.8) is 0 Å². The van der Waals surface area contributed by atoms with Crippen molar-refractivity contribution in [3.8, 4) is 23.2 Å². The van der Waals surface area contributed by atoms with Gasteiger partial charge in [0.1, 0.15) is 12.0 Å². The van der Waals surface area contributed by atoms with Crippen LogP contribution in [0, 0.1) is 11.8 Å². The number of hydrogen-bond donors (Lipinski definition) is 3. The Hall–Kier alpha value is -3.87. The van der Waals surface area contributed by atoms with Gasteiger partial charge in [0.05, 0.1) is 13.1 Å². The Morgan fingerprint density at radius 1 is 1.23 bits per heavy atom. The number of nitrogens with one attached hydrogen (secondary N) is 1. The number of carboxylic acids is 1. The van der Waals surface area contributed by atoms with E-state index in [1.807, 2.05) is 24.3 Å². The van der Waals surface area contributed by atoms with Crippen molar-refractivity contribution >= 4 is 17.6 Å². The fourth-order valence-electron chi connectivity index (χ4n) is 2.75. The van der Waals surface area contributed by atoms with Crippen LogP contribution in [0.3, 0.4) is 0 Å². The first-order chi connectivity index (χ1) is 14.5. The van der Waals surface area contributed by atoms with Gasteiger partial charge in [-0.15, -0.1) is 0 Å². The molecule has 0 radical (unpaired) electrons. The molecule has 0 spiro atoms. The zero-order valence-electron chi connectivity index (χ0n) is 16.4. The molecule has 0 aliphatic carbocycles. The fourth-order valence-corrected chi connectivity index (χ4v) is 2.75. The van der Waals surface area contributed by atoms with Crippen LogP contribution in [0.1, 0.15) is 11.3 Å². The zero-order valence-corrected chi connectivity index (χ0v) is 16.4. The van der Waals surface area contributed by atoms with E-state index in [9.17, 15) is 4.79 Å².